The van der Waals surface area contributed by atoms with E-state index in [1.807, 2.05) is 17.8 Å². The molecule has 0 bridgehead atoms. The minimum absolute atomic E-state index is 0.901. The highest BCUT2D eigenvalue weighted by molar-refractivity contribution is 8.03. The van der Waals surface area contributed by atoms with Gasteiger partial charge < -0.3 is 9.64 Å². The van der Waals surface area contributed by atoms with Crippen molar-refractivity contribution >= 4 is 34.4 Å². The molecule has 0 N–H and O–H groups in total. The lowest BCUT2D eigenvalue weighted by atomic mass is 10.1. The van der Waals surface area contributed by atoms with E-state index in [-0.39, 0.29) is 0 Å². The highest BCUT2D eigenvalue weighted by atomic mass is 32.2. The monoisotopic (exact) mass is 405 g/mol. The topological polar surface area (TPSA) is 16.4 Å². The maximum atomic E-state index is 5.49. The van der Waals surface area contributed by atoms with E-state index in [4.69, 9.17) is 4.74 Å². The van der Waals surface area contributed by atoms with Crippen molar-refractivity contribution in [3.05, 3.63) is 64.8 Å². The fourth-order valence-corrected chi connectivity index (χ4v) is 5.16. The zero-order chi connectivity index (χ0) is 20.4. The SMILES string of the molecule is CCCN1/C(=C/c2ccc3ccc(OC)cc3[n+]2CCC)Sc2cc(C)ccc21. The molecule has 150 valence electrons. The first kappa shape index (κ1) is 19.8. The molecule has 3 nitrogen and oxygen atoms in total. The Morgan fingerprint density at radius 1 is 1.03 bits per heavy atom. The Morgan fingerprint density at radius 3 is 2.62 bits per heavy atom. The van der Waals surface area contributed by atoms with Crippen LogP contribution in [0.4, 0.5) is 5.69 Å². The fraction of sp³-hybridized carbons (Fsp3) is 0.320. The van der Waals surface area contributed by atoms with Gasteiger partial charge in [-0.3, -0.25) is 0 Å². The van der Waals surface area contributed by atoms with E-state index in [9.17, 15) is 0 Å². The molecule has 3 aromatic rings. The smallest absolute Gasteiger partial charge is 0.216 e. The second-order valence-corrected chi connectivity index (χ2v) is 8.60. The molecule has 0 amide bonds. The molecule has 1 aromatic heterocycles. The summed E-state index contributed by atoms with van der Waals surface area (Å²) in [5.74, 6) is 0.901. The average Bonchev–Trinajstić information content (AvgIpc) is 3.05. The van der Waals surface area contributed by atoms with Crippen LogP contribution in [0, 0.1) is 6.92 Å². The molecule has 0 saturated carbocycles. The lowest BCUT2D eigenvalue weighted by molar-refractivity contribution is -0.673. The van der Waals surface area contributed by atoms with Gasteiger partial charge >= 0.3 is 0 Å². The lowest BCUT2D eigenvalue weighted by Gasteiger charge is -2.19. The molecule has 4 rings (SSSR count). The van der Waals surface area contributed by atoms with Gasteiger partial charge in [-0.1, -0.05) is 31.7 Å². The number of anilines is 1. The van der Waals surface area contributed by atoms with Gasteiger partial charge in [0.1, 0.15) is 12.3 Å². The molecule has 1 aliphatic heterocycles. The van der Waals surface area contributed by atoms with Crippen LogP contribution in [-0.2, 0) is 6.54 Å². The minimum atomic E-state index is 0.901. The molecule has 4 heteroatoms. The van der Waals surface area contributed by atoms with Crippen molar-refractivity contribution in [1.82, 2.24) is 0 Å². The molecular weight excluding hydrogens is 376 g/mol. The van der Waals surface area contributed by atoms with Crippen LogP contribution in [0.5, 0.6) is 5.75 Å². The van der Waals surface area contributed by atoms with Crippen LogP contribution in [0.3, 0.4) is 0 Å². The van der Waals surface area contributed by atoms with E-state index in [0.717, 1.165) is 31.7 Å². The third kappa shape index (κ3) is 3.86. The zero-order valence-electron chi connectivity index (χ0n) is 17.7. The Labute approximate surface area is 178 Å². The van der Waals surface area contributed by atoms with Crippen molar-refractivity contribution in [3.8, 4) is 5.75 Å². The van der Waals surface area contributed by atoms with E-state index in [1.54, 1.807) is 7.11 Å². The van der Waals surface area contributed by atoms with Gasteiger partial charge in [-0.2, -0.15) is 4.57 Å². The van der Waals surface area contributed by atoms with Gasteiger partial charge in [-0.25, -0.2) is 0 Å². The summed E-state index contributed by atoms with van der Waals surface area (Å²) in [5.41, 5.74) is 5.10. The number of ether oxygens (including phenoxy) is 1. The van der Waals surface area contributed by atoms with Crippen molar-refractivity contribution in [3.63, 3.8) is 0 Å². The number of hydrogen-bond acceptors (Lipinski definition) is 3. The third-order valence-electron chi connectivity index (χ3n) is 5.33. The summed E-state index contributed by atoms with van der Waals surface area (Å²) in [6, 6.07) is 17.6. The largest absolute Gasteiger partial charge is 0.497 e. The second kappa shape index (κ2) is 8.50. The maximum absolute atomic E-state index is 5.49. The lowest BCUT2D eigenvalue weighted by Crippen LogP contribution is -2.38. The summed E-state index contributed by atoms with van der Waals surface area (Å²) in [4.78, 5) is 3.82. The predicted molar refractivity (Wildman–Crippen MR) is 124 cm³/mol. The average molecular weight is 406 g/mol. The Hall–Kier alpha value is -2.46. The van der Waals surface area contributed by atoms with E-state index in [2.05, 4.69) is 78.8 Å². The van der Waals surface area contributed by atoms with Crippen LogP contribution >= 0.6 is 11.8 Å². The van der Waals surface area contributed by atoms with Gasteiger partial charge in [-0.05, 0) is 49.2 Å². The molecule has 0 saturated heterocycles. The van der Waals surface area contributed by atoms with E-state index < -0.39 is 0 Å². The van der Waals surface area contributed by atoms with Gasteiger partial charge in [-0.15, -0.1) is 0 Å². The Morgan fingerprint density at radius 2 is 1.86 bits per heavy atom. The van der Waals surface area contributed by atoms with E-state index in [1.165, 1.54) is 37.8 Å². The standard InChI is InChI=1S/C25H29N2OS/c1-5-13-26-20(10-8-19-9-11-21(28-4)17-23(19)26)16-25-27(14-6-2)22-12-7-18(3)15-24(22)29-25/h7-12,15-17H,5-6,13-14H2,1-4H3/q+1. The third-order valence-corrected chi connectivity index (χ3v) is 6.42. The number of thioether (sulfide) groups is 1. The number of pyridine rings is 1. The number of rotatable bonds is 6. The van der Waals surface area contributed by atoms with Crippen LogP contribution in [0.25, 0.3) is 17.0 Å². The van der Waals surface area contributed by atoms with Crippen molar-refractivity contribution in [2.75, 3.05) is 18.6 Å². The molecule has 2 aromatic carbocycles. The highest BCUT2D eigenvalue weighted by Gasteiger charge is 2.26. The molecule has 0 fully saturated rings. The number of aromatic nitrogens is 1. The minimum Gasteiger partial charge on any atom is -0.497 e. The predicted octanol–water partition coefficient (Wildman–Crippen LogP) is 6.18. The summed E-state index contributed by atoms with van der Waals surface area (Å²) in [7, 11) is 1.73. The molecule has 0 unspecified atom stereocenters. The number of methoxy groups -OCH3 is 1. The quantitative estimate of drug-likeness (QED) is 0.456. The highest BCUT2D eigenvalue weighted by Crippen LogP contribution is 2.46. The summed E-state index contributed by atoms with van der Waals surface area (Å²) < 4.78 is 7.91. The number of fused-ring (bicyclic) bond motifs is 2. The van der Waals surface area contributed by atoms with E-state index >= 15 is 0 Å². The molecule has 0 spiro atoms. The van der Waals surface area contributed by atoms with Crippen molar-refractivity contribution in [2.24, 2.45) is 0 Å². The molecule has 0 atom stereocenters. The van der Waals surface area contributed by atoms with Gasteiger partial charge in [0.15, 0.2) is 0 Å². The van der Waals surface area contributed by atoms with Gasteiger partial charge in [0.05, 0.1) is 23.9 Å². The normalized spacial score (nSPS) is 14.6. The van der Waals surface area contributed by atoms with E-state index in [0.29, 0.717) is 0 Å². The Balaban J connectivity index is 1.83. The molecule has 1 aliphatic rings. The molecule has 0 aliphatic carbocycles. The van der Waals surface area contributed by atoms with Gasteiger partial charge in [0.2, 0.25) is 11.2 Å². The first-order valence-electron chi connectivity index (χ1n) is 10.4. The maximum Gasteiger partial charge on any atom is 0.216 e. The molecule has 0 radical (unpaired) electrons. The van der Waals surface area contributed by atoms with Crippen LogP contribution in [0.2, 0.25) is 0 Å². The number of hydrogen-bond donors (Lipinski definition) is 0. The van der Waals surface area contributed by atoms with Gasteiger partial charge in [0, 0.05) is 35.4 Å². The molecular formula is C25H29N2OS+. The van der Waals surface area contributed by atoms with Crippen LogP contribution < -0.4 is 14.2 Å². The Bertz CT molecular complexity index is 1070. The molecule has 2 heterocycles. The van der Waals surface area contributed by atoms with Crippen molar-refractivity contribution in [2.45, 2.75) is 45.1 Å². The first-order valence-corrected chi connectivity index (χ1v) is 11.2. The summed E-state index contributed by atoms with van der Waals surface area (Å²) in [5, 5.41) is 2.55. The zero-order valence-corrected chi connectivity index (χ0v) is 18.6. The van der Waals surface area contributed by atoms with Crippen LogP contribution in [-0.4, -0.2) is 13.7 Å². The van der Waals surface area contributed by atoms with Crippen molar-refractivity contribution in [1.29, 1.82) is 0 Å². The fourth-order valence-electron chi connectivity index (χ4n) is 3.93. The number of nitrogens with zero attached hydrogens (tertiary/aromatic N) is 2. The van der Waals surface area contributed by atoms with Gasteiger partial charge in [0.25, 0.3) is 0 Å². The van der Waals surface area contributed by atoms with Crippen LogP contribution in [0.15, 0.2) is 58.5 Å². The molecule has 29 heavy (non-hydrogen) atoms. The number of aryl methyl sites for hydroxylation is 2. The first-order chi connectivity index (χ1) is 14.1. The summed E-state index contributed by atoms with van der Waals surface area (Å²) in [6.07, 6.45) is 4.56. The van der Waals surface area contributed by atoms with Crippen LogP contribution in [0.1, 0.15) is 37.9 Å². The number of benzene rings is 2. The summed E-state index contributed by atoms with van der Waals surface area (Å²) >= 11 is 1.88. The summed E-state index contributed by atoms with van der Waals surface area (Å²) in [6.45, 7) is 8.65. The second-order valence-electron chi connectivity index (χ2n) is 7.54. The Kier molecular flexibility index (Phi) is 5.81. The van der Waals surface area contributed by atoms with Crippen molar-refractivity contribution < 1.29 is 9.30 Å².